The van der Waals surface area contributed by atoms with E-state index in [9.17, 15) is 4.79 Å². The van der Waals surface area contributed by atoms with Crippen molar-refractivity contribution in [2.75, 3.05) is 26.9 Å². The van der Waals surface area contributed by atoms with Gasteiger partial charge in [0.15, 0.2) is 0 Å². The molecule has 84 valence electrons. The van der Waals surface area contributed by atoms with Gasteiger partial charge in [-0.1, -0.05) is 20.8 Å². The fourth-order valence-corrected chi connectivity index (χ4v) is 1.22. The van der Waals surface area contributed by atoms with Crippen LogP contribution in [0.2, 0.25) is 0 Å². The van der Waals surface area contributed by atoms with Crippen LogP contribution in [0.25, 0.3) is 0 Å². The average Bonchev–Trinajstić information content (AvgIpc) is 2.14. The molecule has 1 amide bonds. The first-order valence-corrected chi connectivity index (χ1v) is 6.09. The maximum Gasteiger partial charge on any atom is 0.237 e. The molecule has 0 saturated heterocycles. The normalized spacial score (nSPS) is 11.9. The van der Waals surface area contributed by atoms with E-state index in [-0.39, 0.29) is 10.7 Å². The second kappa shape index (κ2) is 5.61. The molecular formula is C10H22N2OS. The summed E-state index contributed by atoms with van der Waals surface area (Å²) < 4.78 is 0.0277. The minimum atomic E-state index is 0.0277. The molecule has 0 heterocycles. The number of thioether (sulfide) groups is 1. The van der Waals surface area contributed by atoms with Crippen molar-refractivity contribution >= 4 is 17.7 Å². The molecule has 0 fully saturated rings. The van der Waals surface area contributed by atoms with Crippen molar-refractivity contribution < 1.29 is 4.79 Å². The van der Waals surface area contributed by atoms with Gasteiger partial charge < -0.3 is 0 Å². The van der Waals surface area contributed by atoms with Crippen molar-refractivity contribution in [3.05, 3.63) is 0 Å². The summed E-state index contributed by atoms with van der Waals surface area (Å²) in [5.41, 5.74) is 0. The third-order valence-electron chi connectivity index (χ3n) is 2.46. The van der Waals surface area contributed by atoms with E-state index >= 15 is 0 Å². The second-order valence-electron chi connectivity index (χ2n) is 4.03. The molecule has 0 N–H and O–H groups in total. The van der Waals surface area contributed by atoms with Crippen molar-refractivity contribution in [3.63, 3.8) is 0 Å². The Morgan fingerprint density at radius 2 is 1.86 bits per heavy atom. The van der Waals surface area contributed by atoms with Gasteiger partial charge in [-0.3, -0.25) is 9.80 Å². The van der Waals surface area contributed by atoms with Gasteiger partial charge in [0, 0.05) is 31.8 Å². The van der Waals surface area contributed by atoms with E-state index in [2.05, 4.69) is 13.8 Å². The molecule has 0 aromatic rings. The number of hydrogen-bond acceptors (Lipinski definition) is 3. The van der Waals surface area contributed by atoms with Crippen molar-refractivity contribution in [2.45, 2.75) is 31.9 Å². The number of amides is 1. The van der Waals surface area contributed by atoms with E-state index < -0.39 is 0 Å². The maximum atomic E-state index is 11.8. The van der Waals surface area contributed by atoms with Gasteiger partial charge in [-0.15, -0.1) is 0 Å². The van der Waals surface area contributed by atoms with Gasteiger partial charge in [-0.05, 0) is 6.26 Å². The van der Waals surface area contributed by atoms with Crippen molar-refractivity contribution in [3.8, 4) is 0 Å². The smallest absolute Gasteiger partial charge is 0.237 e. The molecular weight excluding hydrogens is 196 g/mol. The highest BCUT2D eigenvalue weighted by atomic mass is 32.2. The summed E-state index contributed by atoms with van der Waals surface area (Å²) in [6.07, 6.45) is 2.62. The zero-order valence-electron chi connectivity index (χ0n) is 10.1. The van der Waals surface area contributed by atoms with Gasteiger partial charge in [0.05, 0.1) is 0 Å². The Morgan fingerprint density at radius 3 is 2.21 bits per heavy atom. The SMILES string of the molecule is CCN(C)N(C)C(=O)CC(C)(C)SC. The van der Waals surface area contributed by atoms with Crippen LogP contribution in [0.4, 0.5) is 0 Å². The molecule has 4 heteroatoms. The summed E-state index contributed by atoms with van der Waals surface area (Å²) in [5, 5.41) is 3.61. The van der Waals surface area contributed by atoms with Crippen LogP contribution in [0.15, 0.2) is 0 Å². The predicted octanol–water partition coefficient (Wildman–Crippen LogP) is 1.84. The van der Waals surface area contributed by atoms with E-state index in [1.807, 2.05) is 32.3 Å². The second-order valence-corrected chi connectivity index (χ2v) is 5.55. The highest BCUT2D eigenvalue weighted by Gasteiger charge is 2.23. The van der Waals surface area contributed by atoms with Gasteiger partial charge >= 0.3 is 0 Å². The van der Waals surface area contributed by atoms with Gasteiger partial charge in [0.25, 0.3) is 0 Å². The van der Waals surface area contributed by atoms with E-state index in [4.69, 9.17) is 0 Å². The fraction of sp³-hybridized carbons (Fsp3) is 0.900. The van der Waals surface area contributed by atoms with Gasteiger partial charge in [-0.25, -0.2) is 5.01 Å². The number of hydrazine groups is 1. The van der Waals surface area contributed by atoms with Crippen LogP contribution >= 0.6 is 11.8 Å². The topological polar surface area (TPSA) is 23.6 Å². The Balaban J connectivity index is 4.21. The zero-order chi connectivity index (χ0) is 11.4. The van der Waals surface area contributed by atoms with E-state index in [0.29, 0.717) is 6.42 Å². The van der Waals surface area contributed by atoms with Crippen molar-refractivity contribution in [2.24, 2.45) is 0 Å². The molecule has 0 aliphatic rings. The molecule has 0 bridgehead atoms. The largest absolute Gasteiger partial charge is 0.279 e. The number of hydrogen-bond donors (Lipinski definition) is 0. The van der Waals surface area contributed by atoms with Gasteiger partial charge in [0.1, 0.15) is 0 Å². The fourth-order valence-electron chi connectivity index (χ4n) is 0.953. The molecule has 0 aliphatic heterocycles. The van der Waals surface area contributed by atoms with Crippen LogP contribution in [-0.2, 0) is 4.79 Å². The highest BCUT2D eigenvalue weighted by Crippen LogP contribution is 2.25. The lowest BCUT2D eigenvalue weighted by Gasteiger charge is -2.30. The number of nitrogens with zero attached hydrogens (tertiary/aromatic N) is 2. The minimum Gasteiger partial charge on any atom is -0.279 e. The highest BCUT2D eigenvalue weighted by molar-refractivity contribution is 7.99. The predicted molar refractivity (Wildman–Crippen MR) is 63.3 cm³/mol. The van der Waals surface area contributed by atoms with E-state index in [1.54, 1.807) is 16.8 Å². The van der Waals surface area contributed by atoms with Crippen LogP contribution in [0.3, 0.4) is 0 Å². The minimum absolute atomic E-state index is 0.0277. The first-order valence-electron chi connectivity index (χ1n) is 4.86. The summed E-state index contributed by atoms with van der Waals surface area (Å²) >= 11 is 1.73. The Bertz CT molecular complexity index is 195. The molecule has 0 radical (unpaired) electrons. The molecule has 0 spiro atoms. The van der Waals surface area contributed by atoms with Crippen molar-refractivity contribution in [1.82, 2.24) is 10.0 Å². The first-order chi connectivity index (χ1) is 6.34. The number of carbonyl (C=O) groups excluding carboxylic acids is 1. The Morgan fingerprint density at radius 1 is 1.36 bits per heavy atom. The van der Waals surface area contributed by atoms with Crippen LogP contribution in [0.5, 0.6) is 0 Å². The standard InChI is InChI=1S/C10H22N2OS/c1-7-11(4)12(5)9(13)8-10(2,3)14-6/h7-8H2,1-6H3. The third-order valence-corrected chi connectivity index (χ3v) is 3.71. The summed E-state index contributed by atoms with van der Waals surface area (Å²) in [6.45, 7) is 7.07. The lowest BCUT2D eigenvalue weighted by Crippen LogP contribution is -2.43. The summed E-state index contributed by atoms with van der Waals surface area (Å²) in [4.78, 5) is 11.8. The quantitative estimate of drug-likeness (QED) is 0.658. The average molecular weight is 218 g/mol. The third kappa shape index (κ3) is 4.33. The summed E-state index contributed by atoms with van der Waals surface area (Å²) in [5.74, 6) is 0.175. The van der Waals surface area contributed by atoms with Gasteiger partial charge in [-0.2, -0.15) is 11.8 Å². The molecule has 3 nitrogen and oxygen atoms in total. The molecule has 0 aromatic carbocycles. The Kier molecular flexibility index (Phi) is 5.52. The van der Waals surface area contributed by atoms with Crippen LogP contribution < -0.4 is 0 Å². The van der Waals surface area contributed by atoms with E-state index in [0.717, 1.165) is 6.54 Å². The molecule has 0 aromatic heterocycles. The Labute approximate surface area is 91.8 Å². The first kappa shape index (κ1) is 13.8. The van der Waals surface area contributed by atoms with Gasteiger partial charge in [0.2, 0.25) is 5.91 Å². The molecule has 0 aliphatic carbocycles. The summed E-state index contributed by atoms with van der Waals surface area (Å²) in [7, 11) is 3.74. The maximum absolute atomic E-state index is 11.8. The zero-order valence-corrected chi connectivity index (χ0v) is 10.9. The molecule has 0 saturated carbocycles. The Hall–Kier alpha value is -0.220. The monoisotopic (exact) mass is 218 g/mol. The van der Waals surface area contributed by atoms with Crippen LogP contribution in [0.1, 0.15) is 27.2 Å². The van der Waals surface area contributed by atoms with Crippen LogP contribution in [0, 0.1) is 0 Å². The van der Waals surface area contributed by atoms with Crippen molar-refractivity contribution in [1.29, 1.82) is 0 Å². The lowest BCUT2D eigenvalue weighted by atomic mass is 10.1. The molecule has 0 unspecified atom stereocenters. The number of rotatable bonds is 5. The molecule has 0 rings (SSSR count). The lowest BCUT2D eigenvalue weighted by molar-refractivity contribution is -0.143. The molecule has 14 heavy (non-hydrogen) atoms. The number of carbonyl (C=O) groups is 1. The van der Waals surface area contributed by atoms with Crippen LogP contribution in [-0.4, -0.2) is 47.6 Å². The molecule has 0 atom stereocenters. The summed E-state index contributed by atoms with van der Waals surface area (Å²) in [6, 6.07) is 0. The van der Waals surface area contributed by atoms with E-state index in [1.165, 1.54) is 0 Å².